The summed E-state index contributed by atoms with van der Waals surface area (Å²) < 4.78 is 5.01. The number of anilines is 1. The van der Waals surface area contributed by atoms with Crippen molar-refractivity contribution in [2.45, 2.75) is 6.54 Å². The minimum absolute atomic E-state index is 0.659. The van der Waals surface area contributed by atoms with Gasteiger partial charge in [-0.1, -0.05) is 11.6 Å². The Bertz CT molecular complexity index is 333. The topological polar surface area (TPSA) is 37.4 Å². The molecule has 0 aromatic carbocycles. The molecule has 1 N–H and O–H groups in total. The van der Waals surface area contributed by atoms with Gasteiger partial charge in [-0.05, 0) is 18.7 Å². The van der Waals surface area contributed by atoms with Crippen molar-refractivity contribution < 1.29 is 4.74 Å². The highest BCUT2D eigenvalue weighted by Crippen LogP contribution is 2.22. The molecule has 4 nitrogen and oxygen atoms in total. The van der Waals surface area contributed by atoms with Crippen LogP contribution in [0.2, 0.25) is 5.02 Å². The van der Waals surface area contributed by atoms with Crippen LogP contribution in [0.4, 0.5) is 5.82 Å². The number of likely N-dealkylation sites (N-methyl/N-ethyl adjacent to an activating group) is 1. The van der Waals surface area contributed by atoms with E-state index in [9.17, 15) is 0 Å². The summed E-state index contributed by atoms with van der Waals surface area (Å²) in [7, 11) is 5.52. The van der Waals surface area contributed by atoms with Crippen LogP contribution in [0.3, 0.4) is 0 Å². The van der Waals surface area contributed by atoms with Crippen molar-refractivity contribution in [3.05, 3.63) is 22.8 Å². The van der Waals surface area contributed by atoms with E-state index in [-0.39, 0.29) is 0 Å². The van der Waals surface area contributed by atoms with Gasteiger partial charge in [0.25, 0.3) is 0 Å². The number of methoxy groups -OCH3 is 1. The Balaban J connectivity index is 2.73. The fourth-order valence-electron chi connectivity index (χ4n) is 1.39. The van der Waals surface area contributed by atoms with Gasteiger partial charge in [0.15, 0.2) is 0 Å². The Kier molecular flexibility index (Phi) is 5.52. The summed E-state index contributed by atoms with van der Waals surface area (Å²) in [6.07, 6.45) is 1.83. The first-order chi connectivity index (χ1) is 7.69. The molecule has 0 spiro atoms. The zero-order valence-corrected chi connectivity index (χ0v) is 10.7. The Labute approximate surface area is 102 Å². The number of halogens is 1. The summed E-state index contributed by atoms with van der Waals surface area (Å²) in [6.45, 7) is 2.20. The van der Waals surface area contributed by atoms with Gasteiger partial charge in [0, 0.05) is 33.4 Å². The number of nitrogens with zero attached hydrogens (tertiary/aromatic N) is 2. The molecule has 1 heterocycles. The summed E-state index contributed by atoms with van der Waals surface area (Å²) in [4.78, 5) is 6.33. The number of hydrogen-bond donors (Lipinski definition) is 1. The molecule has 0 aliphatic heterocycles. The minimum atomic E-state index is 0.659. The number of pyridine rings is 1. The van der Waals surface area contributed by atoms with Crippen LogP contribution in [0, 0.1) is 0 Å². The zero-order chi connectivity index (χ0) is 12.0. The van der Waals surface area contributed by atoms with Crippen LogP contribution in [-0.2, 0) is 11.3 Å². The Morgan fingerprint density at radius 1 is 1.56 bits per heavy atom. The molecule has 1 aromatic rings. The molecule has 0 saturated carbocycles. The number of rotatable bonds is 6. The lowest BCUT2D eigenvalue weighted by molar-refractivity contribution is 0.206. The first-order valence-electron chi connectivity index (χ1n) is 5.18. The van der Waals surface area contributed by atoms with Gasteiger partial charge in [-0.3, -0.25) is 0 Å². The van der Waals surface area contributed by atoms with Gasteiger partial charge in [0.05, 0.1) is 11.6 Å². The maximum atomic E-state index is 6.17. The molecule has 1 rings (SSSR count). The molecule has 0 fully saturated rings. The van der Waals surface area contributed by atoms with Crippen molar-refractivity contribution in [3.63, 3.8) is 0 Å². The maximum absolute atomic E-state index is 6.17. The molecular formula is C11H18ClN3O. The van der Waals surface area contributed by atoms with Gasteiger partial charge in [-0.15, -0.1) is 0 Å². The molecule has 0 amide bonds. The molecule has 0 saturated heterocycles. The van der Waals surface area contributed by atoms with Gasteiger partial charge < -0.3 is 15.0 Å². The summed E-state index contributed by atoms with van der Waals surface area (Å²) in [5.74, 6) is 0.790. The monoisotopic (exact) mass is 243 g/mol. The molecule has 0 atom stereocenters. The van der Waals surface area contributed by atoms with Crippen LogP contribution in [0.15, 0.2) is 12.3 Å². The average molecular weight is 244 g/mol. The highest BCUT2D eigenvalue weighted by atomic mass is 35.5. The fraction of sp³-hybridized carbons (Fsp3) is 0.545. The van der Waals surface area contributed by atoms with E-state index < -0.39 is 0 Å². The smallest absolute Gasteiger partial charge is 0.147 e. The van der Waals surface area contributed by atoms with Crippen molar-refractivity contribution in [1.82, 2.24) is 10.3 Å². The summed E-state index contributed by atoms with van der Waals surface area (Å²) in [5, 5.41) is 3.73. The third-order valence-corrected chi connectivity index (χ3v) is 2.53. The van der Waals surface area contributed by atoms with Crippen LogP contribution >= 0.6 is 11.6 Å². The molecule has 0 aliphatic rings. The number of nitrogens with one attached hydrogen (secondary N) is 1. The van der Waals surface area contributed by atoms with E-state index in [0.29, 0.717) is 11.6 Å². The SMILES string of the molecule is CNCc1cnc(N(C)CCOC)c(Cl)c1. The Morgan fingerprint density at radius 3 is 2.88 bits per heavy atom. The van der Waals surface area contributed by atoms with E-state index >= 15 is 0 Å². The van der Waals surface area contributed by atoms with Gasteiger partial charge in [0.2, 0.25) is 0 Å². The van der Waals surface area contributed by atoms with E-state index in [4.69, 9.17) is 16.3 Å². The summed E-state index contributed by atoms with van der Waals surface area (Å²) >= 11 is 6.17. The average Bonchev–Trinajstić information content (AvgIpc) is 2.26. The third-order valence-electron chi connectivity index (χ3n) is 2.25. The second kappa shape index (κ2) is 6.68. The van der Waals surface area contributed by atoms with Crippen molar-refractivity contribution in [2.24, 2.45) is 0 Å². The third kappa shape index (κ3) is 3.63. The van der Waals surface area contributed by atoms with Gasteiger partial charge in [-0.2, -0.15) is 0 Å². The van der Waals surface area contributed by atoms with Crippen LogP contribution in [0.5, 0.6) is 0 Å². The van der Waals surface area contributed by atoms with E-state index in [2.05, 4.69) is 10.3 Å². The lowest BCUT2D eigenvalue weighted by Crippen LogP contribution is -2.23. The molecule has 0 bridgehead atoms. The van der Waals surface area contributed by atoms with Crippen molar-refractivity contribution in [1.29, 1.82) is 0 Å². The fourth-order valence-corrected chi connectivity index (χ4v) is 1.72. The molecular weight excluding hydrogens is 226 g/mol. The second-order valence-corrected chi connectivity index (χ2v) is 4.00. The molecule has 0 aliphatic carbocycles. The van der Waals surface area contributed by atoms with Gasteiger partial charge in [-0.25, -0.2) is 4.98 Å². The van der Waals surface area contributed by atoms with Crippen molar-refractivity contribution >= 4 is 17.4 Å². The number of hydrogen-bond acceptors (Lipinski definition) is 4. The predicted molar refractivity (Wildman–Crippen MR) is 67.2 cm³/mol. The minimum Gasteiger partial charge on any atom is -0.383 e. The van der Waals surface area contributed by atoms with Crippen LogP contribution in [0.1, 0.15) is 5.56 Å². The molecule has 5 heteroatoms. The van der Waals surface area contributed by atoms with Crippen molar-refractivity contribution in [3.8, 4) is 0 Å². The highest BCUT2D eigenvalue weighted by Gasteiger charge is 2.08. The normalized spacial score (nSPS) is 10.5. The highest BCUT2D eigenvalue weighted by molar-refractivity contribution is 6.33. The molecule has 0 radical (unpaired) electrons. The van der Waals surface area contributed by atoms with Crippen LogP contribution < -0.4 is 10.2 Å². The Hall–Kier alpha value is -0.840. The van der Waals surface area contributed by atoms with Crippen LogP contribution in [-0.4, -0.2) is 39.3 Å². The van der Waals surface area contributed by atoms with E-state index in [1.54, 1.807) is 7.11 Å². The van der Waals surface area contributed by atoms with Crippen molar-refractivity contribution in [2.75, 3.05) is 39.3 Å². The second-order valence-electron chi connectivity index (χ2n) is 3.59. The van der Waals surface area contributed by atoms with E-state index in [0.717, 1.165) is 24.5 Å². The Morgan fingerprint density at radius 2 is 2.31 bits per heavy atom. The van der Waals surface area contributed by atoms with Crippen LogP contribution in [0.25, 0.3) is 0 Å². The lowest BCUT2D eigenvalue weighted by atomic mass is 10.3. The number of aromatic nitrogens is 1. The largest absolute Gasteiger partial charge is 0.383 e. The quantitative estimate of drug-likeness (QED) is 0.823. The zero-order valence-electron chi connectivity index (χ0n) is 9.96. The molecule has 90 valence electrons. The molecule has 1 aromatic heterocycles. The molecule has 0 unspecified atom stereocenters. The summed E-state index contributed by atoms with van der Waals surface area (Å²) in [6, 6.07) is 1.93. The van der Waals surface area contributed by atoms with Gasteiger partial charge >= 0.3 is 0 Å². The molecule has 16 heavy (non-hydrogen) atoms. The van der Waals surface area contributed by atoms with E-state index in [1.807, 2.05) is 31.3 Å². The standard InChI is InChI=1S/C11H18ClN3O/c1-13-7-9-6-10(12)11(14-8-9)15(2)4-5-16-3/h6,8,13H,4-5,7H2,1-3H3. The first kappa shape index (κ1) is 13.2. The van der Waals surface area contributed by atoms with E-state index in [1.165, 1.54) is 0 Å². The maximum Gasteiger partial charge on any atom is 0.147 e. The first-order valence-corrected chi connectivity index (χ1v) is 5.56. The predicted octanol–water partition coefficient (Wildman–Crippen LogP) is 1.54. The van der Waals surface area contributed by atoms with Gasteiger partial charge in [0.1, 0.15) is 5.82 Å². The lowest BCUT2D eigenvalue weighted by Gasteiger charge is -2.19. The number of ether oxygens (including phenoxy) is 1. The summed E-state index contributed by atoms with van der Waals surface area (Å²) in [5.41, 5.74) is 1.08.